The summed E-state index contributed by atoms with van der Waals surface area (Å²) in [7, 11) is 0. The van der Waals surface area contributed by atoms with Crippen LogP contribution in [0.5, 0.6) is 0 Å². The molecule has 0 spiro atoms. The first-order valence-electron chi connectivity index (χ1n) is 8.08. The zero-order valence-electron chi connectivity index (χ0n) is 13.8. The van der Waals surface area contributed by atoms with Crippen LogP contribution >= 0.6 is 0 Å². The van der Waals surface area contributed by atoms with Gasteiger partial charge in [0.05, 0.1) is 17.2 Å². The molecule has 0 fully saturated rings. The molecule has 26 heavy (non-hydrogen) atoms. The number of H-pyrrole nitrogens is 1. The monoisotopic (exact) mass is 341 g/mol. The van der Waals surface area contributed by atoms with Crippen molar-refractivity contribution in [2.75, 3.05) is 0 Å². The van der Waals surface area contributed by atoms with Crippen molar-refractivity contribution in [2.45, 2.75) is 0 Å². The number of hydrazone groups is 1. The van der Waals surface area contributed by atoms with E-state index < -0.39 is 0 Å². The number of rotatable bonds is 4. The van der Waals surface area contributed by atoms with E-state index in [1.165, 1.54) is 0 Å². The molecule has 2 heterocycles. The van der Waals surface area contributed by atoms with E-state index in [0.29, 0.717) is 5.56 Å². The predicted molar refractivity (Wildman–Crippen MR) is 101 cm³/mol. The highest BCUT2D eigenvalue weighted by molar-refractivity contribution is 5.98. The topological polar surface area (TPSA) is 83.0 Å². The number of amides is 1. The average Bonchev–Trinajstić information content (AvgIpc) is 3.13. The largest absolute Gasteiger partial charge is 0.338 e. The van der Waals surface area contributed by atoms with Crippen LogP contribution in [0.1, 0.15) is 15.9 Å². The molecular weight excluding hydrogens is 326 g/mol. The van der Waals surface area contributed by atoms with E-state index in [2.05, 4.69) is 25.5 Å². The number of fused-ring (bicyclic) bond motifs is 1. The molecule has 0 saturated heterocycles. The Bertz CT molecular complexity index is 1070. The van der Waals surface area contributed by atoms with Gasteiger partial charge in [0.25, 0.3) is 5.91 Å². The molecule has 1 amide bonds. The Morgan fingerprint density at radius 3 is 2.77 bits per heavy atom. The second-order valence-electron chi connectivity index (χ2n) is 5.67. The van der Waals surface area contributed by atoms with Gasteiger partial charge in [-0.15, -0.1) is 0 Å². The van der Waals surface area contributed by atoms with E-state index in [1.807, 2.05) is 42.5 Å². The molecule has 0 aliphatic carbocycles. The lowest BCUT2D eigenvalue weighted by Gasteiger charge is -1.99. The minimum Gasteiger partial charge on any atom is -0.338 e. The van der Waals surface area contributed by atoms with Gasteiger partial charge in [-0.25, -0.2) is 10.4 Å². The number of carbonyl (C=O) groups excluding carboxylic acids is 1. The van der Waals surface area contributed by atoms with Crippen LogP contribution in [0.2, 0.25) is 0 Å². The molecule has 2 aromatic carbocycles. The predicted octanol–water partition coefficient (Wildman–Crippen LogP) is 3.39. The van der Waals surface area contributed by atoms with E-state index >= 15 is 0 Å². The first-order valence-corrected chi connectivity index (χ1v) is 8.08. The van der Waals surface area contributed by atoms with Crippen molar-refractivity contribution in [3.63, 3.8) is 0 Å². The zero-order chi connectivity index (χ0) is 17.8. The SMILES string of the molecule is O=C(N/N=C/c1cccnc1)c1ccc2nc(-c3ccccc3)[nH]c2c1. The first kappa shape index (κ1) is 15.7. The Balaban J connectivity index is 1.53. The van der Waals surface area contributed by atoms with Crippen molar-refractivity contribution in [3.05, 3.63) is 84.2 Å². The number of nitrogens with zero attached hydrogens (tertiary/aromatic N) is 3. The van der Waals surface area contributed by atoms with Crippen molar-refractivity contribution in [3.8, 4) is 11.4 Å². The minimum absolute atomic E-state index is 0.289. The molecule has 0 saturated carbocycles. The highest BCUT2D eigenvalue weighted by atomic mass is 16.2. The maximum absolute atomic E-state index is 12.3. The summed E-state index contributed by atoms with van der Waals surface area (Å²) in [6.45, 7) is 0. The van der Waals surface area contributed by atoms with Crippen LogP contribution in [0.4, 0.5) is 0 Å². The van der Waals surface area contributed by atoms with Crippen LogP contribution in [-0.2, 0) is 0 Å². The van der Waals surface area contributed by atoms with E-state index in [4.69, 9.17) is 0 Å². The van der Waals surface area contributed by atoms with Gasteiger partial charge in [0.1, 0.15) is 5.82 Å². The van der Waals surface area contributed by atoms with E-state index in [1.54, 1.807) is 36.8 Å². The molecule has 0 unspecified atom stereocenters. The number of pyridine rings is 1. The molecule has 6 nitrogen and oxygen atoms in total. The summed E-state index contributed by atoms with van der Waals surface area (Å²) in [5.41, 5.74) is 6.43. The van der Waals surface area contributed by atoms with Gasteiger partial charge in [0, 0.05) is 29.1 Å². The molecule has 4 aromatic rings. The van der Waals surface area contributed by atoms with Gasteiger partial charge in [-0.1, -0.05) is 36.4 Å². The summed E-state index contributed by atoms with van der Waals surface area (Å²) in [4.78, 5) is 24.1. The number of aromatic nitrogens is 3. The summed E-state index contributed by atoms with van der Waals surface area (Å²) in [6, 6.07) is 18.8. The van der Waals surface area contributed by atoms with E-state index in [0.717, 1.165) is 28.0 Å². The molecule has 0 radical (unpaired) electrons. The fraction of sp³-hybridized carbons (Fsp3) is 0. The standard InChI is InChI=1S/C20H15N5O/c26-20(25-22-13-14-5-4-10-21-12-14)16-8-9-17-18(11-16)24-19(23-17)15-6-2-1-3-7-15/h1-13H,(H,23,24)(H,25,26)/b22-13+. The molecule has 2 N–H and O–H groups in total. The normalized spacial score (nSPS) is 11.1. The lowest BCUT2D eigenvalue weighted by Crippen LogP contribution is -2.17. The second-order valence-corrected chi connectivity index (χ2v) is 5.67. The van der Waals surface area contributed by atoms with Gasteiger partial charge < -0.3 is 4.98 Å². The lowest BCUT2D eigenvalue weighted by atomic mass is 10.2. The molecule has 0 aliphatic heterocycles. The zero-order valence-corrected chi connectivity index (χ0v) is 13.8. The number of nitrogens with one attached hydrogen (secondary N) is 2. The van der Waals surface area contributed by atoms with Crippen LogP contribution < -0.4 is 5.43 Å². The summed E-state index contributed by atoms with van der Waals surface area (Å²) in [5.74, 6) is 0.482. The summed E-state index contributed by atoms with van der Waals surface area (Å²) < 4.78 is 0. The van der Waals surface area contributed by atoms with Gasteiger partial charge in [0.15, 0.2) is 0 Å². The third kappa shape index (κ3) is 3.34. The smallest absolute Gasteiger partial charge is 0.271 e. The number of aromatic amines is 1. The molecule has 0 atom stereocenters. The molecule has 4 rings (SSSR count). The summed E-state index contributed by atoms with van der Waals surface area (Å²) >= 11 is 0. The number of hydrogen-bond acceptors (Lipinski definition) is 4. The quantitative estimate of drug-likeness (QED) is 0.441. The maximum Gasteiger partial charge on any atom is 0.271 e. The molecule has 126 valence electrons. The third-order valence-corrected chi connectivity index (χ3v) is 3.86. The van der Waals surface area contributed by atoms with Crippen LogP contribution in [0.15, 0.2) is 78.2 Å². The van der Waals surface area contributed by atoms with Gasteiger partial charge in [-0.05, 0) is 24.3 Å². The van der Waals surface area contributed by atoms with Crippen molar-refractivity contribution in [1.82, 2.24) is 20.4 Å². The van der Waals surface area contributed by atoms with Crippen molar-refractivity contribution in [1.29, 1.82) is 0 Å². The van der Waals surface area contributed by atoms with Crippen LogP contribution in [0.25, 0.3) is 22.4 Å². The van der Waals surface area contributed by atoms with Gasteiger partial charge in [0.2, 0.25) is 0 Å². The Labute approximate surface area is 149 Å². The number of hydrogen-bond donors (Lipinski definition) is 2. The minimum atomic E-state index is -0.289. The van der Waals surface area contributed by atoms with Gasteiger partial charge in [-0.2, -0.15) is 5.10 Å². The number of imidazole rings is 1. The van der Waals surface area contributed by atoms with E-state index in [9.17, 15) is 4.79 Å². The molecule has 2 aromatic heterocycles. The Kier molecular flexibility index (Phi) is 4.22. The van der Waals surface area contributed by atoms with Gasteiger partial charge >= 0.3 is 0 Å². The average molecular weight is 341 g/mol. The highest BCUT2D eigenvalue weighted by Gasteiger charge is 2.09. The molecule has 0 bridgehead atoms. The fourth-order valence-corrected chi connectivity index (χ4v) is 2.57. The third-order valence-electron chi connectivity index (χ3n) is 3.86. The van der Waals surface area contributed by atoms with Crippen LogP contribution in [0.3, 0.4) is 0 Å². The van der Waals surface area contributed by atoms with Crippen molar-refractivity contribution in [2.24, 2.45) is 5.10 Å². The summed E-state index contributed by atoms with van der Waals surface area (Å²) in [5, 5.41) is 3.96. The van der Waals surface area contributed by atoms with E-state index in [-0.39, 0.29) is 5.91 Å². The highest BCUT2D eigenvalue weighted by Crippen LogP contribution is 2.21. The Hall–Kier alpha value is -3.80. The van der Waals surface area contributed by atoms with Crippen molar-refractivity contribution < 1.29 is 4.79 Å². The van der Waals surface area contributed by atoms with Crippen LogP contribution in [-0.4, -0.2) is 27.1 Å². The number of carbonyl (C=O) groups is 1. The summed E-state index contributed by atoms with van der Waals surface area (Å²) in [6.07, 6.45) is 4.89. The Morgan fingerprint density at radius 2 is 1.96 bits per heavy atom. The first-order chi connectivity index (χ1) is 12.8. The van der Waals surface area contributed by atoms with Crippen LogP contribution in [0, 0.1) is 0 Å². The molecular formula is C20H15N5O. The second kappa shape index (κ2) is 6.98. The number of benzene rings is 2. The molecule has 0 aliphatic rings. The van der Waals surface area contributed by atoms with Gasteiger partial charge in [-0.3, -0.25) is 9.78 Å². The lowest BCUT2D eigenvalue weighted by molar-refractivity contribution is 0.0955. The van der Waals surface area contributed by atoms with Crippen molar-refractivity contribution >= 4 is 23.2 Å². The molecule has 6 heteroatoms. The maximum atomic E-state index is 12.3. The Morgan fingerprint density at radius 1 is 1.08 bits per heavy atom. The fourth-order valence-electron chi connectivity index (χ4n) is 2.57.